The fraction of sp³-hybridized carbons (Fsp3) is 0.222. The lowest BCUT2D eigenvalue weighted by molar-refractivity contribution is -0.134. The first kappa shape index (κ1) is 15.1. The van der Waals surface area contributed by atoms with Gasteiger partial charge in [0.25, 0.3) is 0 Å². The van der Waals surface area contributed by atoms with E-state index in [1.807, 2.05) is 24.3 Å². The number of nitrogens with one attached hydrogen (secondary N) is 1. The highest BCUT2D eigenvalue weighted by atomic mass is 16.5. The van der Waals surface area contributed by atoms with Crippen LogP contribution in [-0.4, -0.2) is 25.5 Å². The third-order valence-electron chi connectivity index (χ3n) is 3.90. The molecule has 0 radical (unpaired) electrons. The van der Waals surface area contributed by atoms with E-state index in [1.165, 1.54) is 7.11 Å². The molecular weight excluding hydrogens is 292 g/mol. The van der Waals surface area contributed by atoms with Crippen molar-refractivity contribution in [1.82, 2.24) is 0 Å². The molecule has 0 saturated heterocycles. The van der Waals surface area contributed by atoms with Crippen LogP contribution >= 0.6 is 0 Å². The Labute approximate surface area is 134 Å². The second kappa shape index (κ2) is 6.52. The first-order valence-electron chi connectivity index (χ1n) is 7.54. The van der Waals surface area contributed by atoms with Crippen molar-refractivity contribution in [1.29, 1.82) is 0 Å². The molecule has 0 aliphatic carbocycles. The molecule has 1 aliphatic heterocycles. The van der Waals surface area contributed by atoms with Gasteiger partial charge in [-0.2, -0.15) is 0 Å². The van der Waals surface area contributed by atoms with E-state index in [1.54, 1.807) is 29.2 Å². The minimum Gasteiger partial charge on any atom is -0.495 e. The van der Waals surface area contributed by atoms with E-state index in [-0.39, 0.29) is 0 Å². The van der Waals surface area contributed by atoms with Crippen LogP contribution in [0.2, 0.25) is 0 Å². The smallest absolute Gasteiger partial charge is 0.316 e. The van der Waals surface area contributed by atoms with Crippen LogP contribution in [-0.2, 0) is 16.0 Å². The van der Waals surface area contributed by atoms with Gasteiger partial charge in [-0.25, -0.2) is 0 Å². The zero-order chi connectivity index (χ0) is 16.2. The highest BCUT2D eigenvalue weighted by Gasteiger charge is 2.27. The molecule has 0 saturated carbocycles. The molecule has 1 aliphatic rings. The zero-order valence-electron chi connectivity index (χ0n) is 12.9. The van der Waals surface area contributed by atoms with Crippen LogP contribution < -0.4 is 15.0 Å². The number of anilines is 2. The minimum atomic E-state index is -0.661. The topological polar surface area (TPSA) is 58.6 Å². The summed E-state index contributed by atoms with van der Waals surface area (Å²) in [6, 6.07) is 14.7. The van der Waals surface area contributed by atoms with E-state index < -0.39 is 11.8 Å². The number of amides is 2. The number of fused-ring (bicyclic) bond motifs is 1. The Kier molecular flexibility index (Phi) is 4.28. The number of methoxy groups -OCH3 is 1. The van der Waals surface area contributed by atoms with Crippen LogP contribution in [0.25, 0.3) is 0 Å². The number of benzene rings is 2. The number of aryl methyl sites for hydroxylation is 1. The van der Waals surface area contributed by atoms with Crippen molar-refractivity contribution >= 4 is 23.2 Å². The van der Waals surface area contributed by atoms with Crippen molar-refractivity contribution in [3.8, 4) is 5.75 Å². The van der Waals surface area contributed by atoms with E-state index in [2.05, 4.69) is 5.32 Å². The molecule has 1 heterocycles. The maximum atomic E-state index is 12.5. The van der Waals surface area contributed by atoms with Crippen LogP contribution in [0, 0.1) is 0 Å². The first-order valence-corrected chi connectivity index (χ1v) is 7.54. The van der Waals surface area contributed by atoms with Crippen LogP contribution in [0.3, 0.4) is 0 Å². The summed E-state index contributed by atoms with van der Waals surface area (Å²) >= 11 is 0. The maximum Gasteiger partial charge on any atom is 0.316 e. The lowest BCUT2D eigenvalue weighted by Gasteiger charge is -2.28. The van der Waals surface area contributed by atoms with Gasteiger partial charge < -0.3 is 15.0 Å². The molecule has 2 amide bonds. The van der Waals surface area contributed by atoms with E-state index in [4.69, 9.17) is 4.74 Å². The predicted octanol–water partition coefficient (Wildman–Crippen LogP) is 2.61. The molecule has 3 rings (SSSR count). The number of ether oxygens (including phenoxy) is 1. The first-order chi connectivity index (χ1) is 11.2. The monoisotopic (exact) mass is 310 g/mol. The molecule has 0 spiro atoms. The lowest BCUT2D eigenvalue weighted by Crippen LogP contribution is -2.42. The SMILES string of the molecule is COc1ccccc1NC(=O)C(=O)N1CCCc2ccccc21. The summed E-state index contributed by atoms with van der Waals surface area (Å²) in [5, 5.41) is 2.63. The van der Waals surface area contributed by atoms with Gasteiger partial charge in [0.1, 0.15) is 5.75 Å². The third-order valence-corrected chi connectivity index (χ3v) is 3.90. The summed E-state index contributed by atoms with van der Waals surface area (Å²) in [6.45, 7) is 0.551. The molecular formula is C18H18N2O3. The highest BCUT2D eigenvalue weighted by molar-refractivity contribution is 6.44. The number of carbonyl (C=O) groups excluding carboxylic acids is 2. The second-order valence-corrected chi connectivity index (χ2v) is 5.34. The van der Waals surface area contributed by atoms with Gasteiger partial charge in [-0.05, 0) is 36.6 Å². The van der Waals surface area contributed by atoms with Gasteiger partial charge in [0.05, 0.1) is 12.8 Å². The summed E-state index contributed by atoms with van der Waals surface area (Å²) in [5.41, 5.74) is 2.40. The molecule has 0 fully saturated rings. The Morgan fingerprint density at radius 2 is 1.83 bits per heavy atom. The molecule has 118 valence electrons. The normalized spacial score (nSPS) is 13.2. The van der Waals surface area contributed by atoms with Gasteiger partial charge in [0.2, 0.25) is 0 Å². The van der Waals surface area contributed by atoms with Gasteiger partial charge in [0.15, 0.2) is 0 Å². The number of rotatable bonds is 2. The molecule has 5 nitrogen and oxygen atoms in total. The Balaban J connectivity index is 1.80. The van der Waals surface area contributed by atoms with Gasteiger partial charge in [-0.3, -0.25) is 9.59 Å². The summed E-state index contributed by atoms with van der Waals surface area (Å²) in [7, 11) is 1.52. The Morgan fingerprint density at radius 3 is 2.65 bits per heavy atom. The highest BCUT2D eigenvalue weighted by Crippen LogP contribution is 2.27. The lowest BCUT2D eigenvalue weighted by atomic mass is 10.0. The zero-order valence-corrected chi connectivity index (χ0v) is 12.9. The van der Waals surface area contributed by atoms with Crippen molar-refractivity contribution < 1.29 is 14.3 Å². The number of hydrogen-bond donors (Lipinski definition) is 1. The summed E-state index contributed by atoms with van der Waals surface area (Å²) in [6.07, 6.45) is 1.78. The minimum absolute atomic E-state index is 0.485. The predicted molar refractivity (Wildman–Crippen MR) is 88.7 cm³/mol. The molecule has 0 bridgehead atoms. The Bertz CT molecular complexity index is 743. The average molecular weight is 310 g/mol. The number of nitrogens with zero attached hydrogens (tertiary/aromatic N) is 1. The van der Waals surface area contributed by atoms with Gasteiger partial charge in [-0.1, -0.05) is 30.3 Å². The molecule has 0 atom stereocenters. The summed E-state index contributed by atoms with van der Waals surface area (Å²) < 4.78 is 5.19. The van der Waals surface area contributed by atoms with E-state index in [9.17, 15) is 9.59 Å². The standard InChI is InChI=1S/C18H18N2O3/c1-23-16-11-5-3-9-14(16)19-17(21)18(22)20-12-6-8-13-7-2-4-10-15(13)20/h2-5,7,9-11H,6,8,12H2,1H3,(H,19,21). The van der Waals surface area contributed by atoms with Crippen molar-refractivity contribution in [2.75, 3.05) is 23.9 Å². The Hall–Kier alpha value is -2.82. The van der Waals surface area contributed by atoms with Crippen molar-refractivity contribution in [2.45, 2.75) is 12.8 Å². The van der Waals surface area contributed by atoms with Crippen molar-refractivity contribution in [3.05, 3.63) is 54.1 Å². The van der Waals surface area contributed by atoms with Gasteiger partial charge in [-0.15, -0.1) is 0 Å². The molecule has 23 heavy (non-hydrogen) atoms. The fourth-order valence-electron chi connectivity index (χ4n) is 2.79. The molecule has 1 N–H and O–H groups in total. The van der Waals surface area contributed by atoms with E-state index in [0.29, 0.717) is 18.0 Å². The number of hydrogen-bond acceptors (Lipinski definition) is 3. The van der Waals surface area contributed by atoms with Crippen LogP contribution in [0.5, 0.6) is 5.75 Å². The average Bonchev–Trinajstić information content (AvgIpc) is 2.61. The largest absolute Gasteiger partial charge is 0.495 e. The number of para-hydroxylation sites is 3. The molecule has 2 aromatic carbocycles. The summed E-state index contributed by atoms with van der Waals surface area (Å²) in [5.74, 6) is -0.693. The maximum absolute atomic E-state index is 12.5. The van der Waals surface area contributed by atoms with Crippen LogP contribution in [0.4, 0.5) is 11.4 Å². The van der Waals surface area contributed by atoms with Gasteiger partial charge >= 0.3 is 11.8 Å². The molecule has 0 unspecified atom stereocenters. The molecule has 2 aromatic rings. The van der Waals surface area contributed by atoms with Crippen LogP contribution in [0.1, 0.15) is 12.0 Å². The van der Waals surface area contributed by atoms with Crippen molar-refractivity contribution in [3.63, 3.8) is 0 Å². The quantitative estimate of drug-likeness (QED) is 0.868. The van der Waals surface area contributed by atoms with Crippen LogP contribution in [0.15, 0.2) is 48.5 Å². The summed E-state index contributed by atoms with van der Waals surface area (Å²) in [4.78, 5) is 26.4. The third kappa shape index (κ3) is 3.04. The second-order valence-electron chi connectivity index (χ2n) is 5.34. The van der Waals surface area contributed by atoms with E-state index >= 15 is 0 Å². The number of carbonyl (C=O) groups is 2. The Morgan fingerprint density at radius 1 is 1.09 bits per heavy atom. The van der Waals surface area contributed by atoms with Gasteiger partial charge in [0, 0.05) is 12.2 Å². The van der Waals surface area contributed by atoms with Crippen molar-refractivity contribution in [2.24, 2.45) is 0 Å². The molecule has 5 heteroatoms. The molecule has 0 aromatic heterocycles. The fourth-order valence-corrected chi connectivity index (χ4v) is 2.79. The van der Waals surface area contributed by atoms with E-state index in [0.717, 1.165) is 24.1 Å².